The Balaban J connectivity index is 2.25. The van der Waals surface area contributed by atoms with Crippen LogP contribution < -0.4 is 5.73 Å². The van der Waals surface area contributed by atoms with Gasteiger partial charge in [0, 0.05) is 5.39 Å². The zero-order valence-electron chi connectivity index (χ0n) is 7.77. The zero-order valence-corrected chi connectivity index (χ0v) is 7.77. The molecule has 72 valence electrons. The Kier molecular flexibility index (Phi) is 2.55. The molecule has 3 N–H and O–H groups in total. The highest BCUT2D eigenvalue weighted by molar-refractivity contribution is 5.78. The summed E-state index contributed by atoms with van der Waals surface area (Å²) in [6.45, 7) is 0.671. The number of fused-ring (bicyclic) bond motifs is 1. The van der Waals surface area contributed by atoms with Gasteiger partial charge >= 0.3 is 0 Å². The quantitative estimate of drug-likeness (QED) is 0.763. The van der Waals surface area contributed by atoms with Crippen LogP contribution in [0.1, 0.15) is 12.1 Å². The number of hydrogen-bond donors (Lipinski definition) is 2. The monoisotopic (exact) mass is 188 g/mol. The second-order valence-corrected chi connectivity index (χ2v) is 3.05. The first kappa shape index (κ1) is 8.90. The molecule has 0 spiro atoms. The third-order valence-electron chi connectivity index (χ3n) is 1.97. The summed E-state index contributed by atoms with van der Waals surface area (Å²) >= 11 is 0. The number of nitrogens with one attached hydrogen (secondary N) is 1. The van der Waals surface area contributed by atoms with Crippen LogP contribution in [0.5, 0.6) is 0 Å². The maximum absolute atomic E-state index is 5.38. The minimum absolute atomic E-state index is 0.671. The Morgan fingerprint density at radius 3 is 3.21 bits per heavy atom. The average molecular weight is 188 g/mol. The summed E-state index contributed by atoms with van der Waals surface area (Å²) < 4.78 is 0. The molecule has 0 aromatic carbocycles. The maximum atomic E-state index is 5.38. The van der Waals surface area contributed by atoms with E-state index in [2.05, 4.69) is 15.2 Å². The Bertz CT molecular complexity index is 444. The van der Waals surface area contributed by atoms with E-state index in [0.29, 0.717) is 6.54 Å². The highest BCUT2D eigenvalue weighted by Gasteiger charge is 1.95. The predicted molar refractivity (Wildman–Crippen MR) is 56.6 cm³/mol. The van der Waals surface area contributed by atoms with Crippen molar-refractivity contribution in [1.82, 2.24) is 15.2 Å². The van der Waals surface area contributed by atoms with E-state index in [-0.39, 0.29) is 0 Å². The normalized spacial score (nSPS) is 11.5. The molecule has 0 aliphatic carbocycles. The van der Waals surface area contributed by atoms with Gasteiger partial charge in [0.2, 0.25) is 0 Å². The molecule has 0 aliphatic rings. The van der Waals surface area contributed by atoms with E-state index in [4.69, 9.17) is 5.73 Å². The Labute approximate surface area is 81.8 Å². The lowest BCUT2D eigenvalue weighted by Crippen LogP contribution is -1.95. The van der Waals surface area contributed by atoms with Gasteiger partial charge in [-0.2, -0.15) is 5.10 Å². The summed E-state index contributed by atoms with van der Waals surface area (Å²) in [4.78, 5) is 4.25. The lowest BCUT2D eigenvalue weighted by Gasteiger charge is -1.92. The first-order valence-electron chi connectivity index (χ1n) is 4.56. The number of nitrogens with zero attached hydrogens (tertiary/aromatic N) is 2. The van der Waals surface area contributed by atoms with Gasteiger partial charge in [-0.1, -0.05) is 6.08 Å². The first-order chi connectivity index (χ1) is 6.90. The van der Waals surface area contributed by atoms with Crippen LogP contribution >= 0.6 is 0 Å². The van der Waals surface area contributed by atoms with E-state index in [0.717, 1.165) is 23.0 Å². The van der Waals surface area contributed by atoms with Gasteiger partial charge in [0.05, 0.1) is 23.6 Å². The van der Waals surface area contributed by atoms with Crippen LogP contribution in [0.25, 0.3) is 17.0 Å². The van der Waals surface area contributed by atoms with Crippen LogP contribution in [0.4, 0.5) is 0 Å². The fourth-order valence-corrected chi connectivity index (χ4v) is 1.25. The van der Waals surface area contributed by atoms with Gasteiger partial charge in [0.1, 0.15) is 0 Å². The SMILES string of the molecule is NCCC=Cc1cc2cn[nH]c2cn1. The molecule has 0 atom stereocenters. The fraction of sp³-hybridized carbons (Fsp3) is 0.200. The molecule has 4 heteroatoms. The van der Waals surface area contributed by atoms with Crippen molar-refractivity contribution < 1.29 is 0 Å². The number of H-pyrrole nitrogens is 1. The summed E-state index contributed by atoms with van der Waals surface area (Å²) in [6, 6.07) is 1.99. The summed E-state index contributed by atoms with van der Waals surface area (Å²) in [5.41, 5.74) is 7.28. The molecule has 0 radical (unpaired) electrons. The van der Waals surface area contributed by atoms with Crippen LogP contribution in [0.15, 0.2) is 24.5 Å². The van der Waals surface area contributed by atoms with Gasteiger partial charge in [-0.15, -0.1) is 0 Å². The standard InChI is InChI=1S/C10H12N4/c11-4-2-1-3-9-5-8-6-13-14-10(8)7-12-9/h1,3,5-7H,2,4,11H2,(H,13,14). The molecule has 0 amide bonds. The molecule has 0 bridgehead atoms. The predicted octanol–water partition coefficient (Wildman–Crippen LogP) is 1.32. The van der Waals surface area contributed by atoms with Crippen LogP contribution in [-0.2, 0) is 0 Å². The summed E-state index contributed by atoms with van der Waals surface area (Å²) in [5.74, 6) is 0. The third-order valence-corrected chi connectivity index (χ3v) is 1.97. The maximum Gasteiger partial charge on any atom is 0.0833 e. The molecule has 2 heterocycles. The van der Waals surface area contributed by atoms with Crippen molar-refractivity contribution in [3.63, 3.8) is 0 Å². The minimum Gasteiger partial charge on any atom is -0.330 e. The van der Waals surface area contributed by atoms with Gasteiger partial charge in [0.15, 0.2) is 0 Å². The Morgan fingerprint density at radius 2 is 2.36 bits per heavy atom. The molecule has 0 aliphatic heterocycles. The highest BCUT2D eigenvalue weighted by atomic mass is 15.1. The van der Waals surface area contributed by atoms with Crippen LogP contribution in [0.3, 0.4) is 0 Å². The highest BCUT2D eigenvalue weighted by Crippen LogP contribution is 2.10. The lowest BCUT2D eigenvalue weighted by atomic mass is 10.2. The first-order valence-corrected chi connectivity index (χ1v) is 4.56. The van der Waals surface area contributed by atoms with E-state index in [1.54, 1.807) is 12.4 Å². The molecule has 14 heavy (non-hydrogen) atoms. The molecule has 0 saturated carbocycles. The van der Waals surface area contributed by atoms with Gasteiger partial charge in [-0.3, -0.25) is 10.1 Å². The Morgan fingerprint density at radius 1 is 1.43 bits per heavy atom. The van der Waals surface area contributed by atoms with Crippen molar-refractivity contribution in [2.45, 2.75) is 6.42 Å². The number of aromatic nitrogens is 3. The second-order valence-electron chi connectivity index (χ2n) is 3.05. The van der Waals surface area contributed by atoms with Crippen LogP contribution in [0.2, 0.25) is 0 Å². The molecule has 2 aromatic heterocycles. The molecular formula is C10H12N4. The van der Waals surface area contributed by atoms with Crippen molar-refractivity contribution in [1.29, 1.82) is 0 Å². The lowest BCUT2D eigenvalue weighted by molar-refractivity contribution is 1.01. The van der Waals surface area contributed by atoms with Gasteiger partial charge in [-0.05, 0) is 25.1 Å². The average Bonchev–Trinajstić information content (AvgIpc) is 2.65. The molecule has 4 nitrogen and oxygen atoms in total. The van der Waals surface area contributed by atoms with Crippen LogP contribution in [-0.4, -0.2) is 21.7 Å². The topological polar surface area (TPSA) is 67.6 Å². The molecular weight excluding hydrogens is 176 g/mol. The van der Waals surface area contributed by atoms with Crippen molar-refractivity contribution in [3.8, 4) is 0 Å². The van der Waals surface area contributed by atoms with Gasteiger partial charge in [-0.25, -0.2) is 0 Å². The van der Waals surface area contributed by atoms with E-state index in [1.165, 1.54) is 0 Å². The number of hydrogen-bond acceptors (Lipinski definition) is 3. The van der Waals surface area contributed by atoms with E-state index in [1.807, 2.05) is 18.2 Å². The van der Waals surface area contributed by atoms with Crippen molar-refractivity contribution >= 4 is 17.0 Å². The smallest absolute Gasteiger partial charge is 0.0833 e. The summed E-state index contributed by atoms with van der Waals surface area (Å²) in [6.07, 6.45) is 8.44. The number of nitrogens with two attached hydrogens (primary N) is 1. The Hall–Kier alpha value is -1.68. The van der Waals surface area contributed by atoms with Gasteiger partial charge < -0.3 is 5.73 Å². The molecule has 2 aromatic rings. The van der Waals surface area contributed by atoms with E-state index >= 15 is 0 Å². The van der Waals surface area contributed by atoms with Crippen molar-refractivity contribution in [2.24, 2.45) is 5.73 Å². The van der Waals surface area contributed by atoms with Gasteiger partial charge in [0.25, 0.3) is 0 Å². The van der Waals surface area contributed by atoms with Crippen molar-refractivity contribution in [3.05, 3.63) is 30.2 Å². The third kappa shape index (κ3) is 1.80. The molecule has 0 unspecified atom stereocenters. The van der Waals surface area contributed by atoms with E-state index < -0.39 is 0 Å². The summed E-state index contributed by atoms with van der Waals surface area (Å²) in [7, 11) is 0. The minimum atomic E-state index is 0.671. The number of pyridine rings is 1. The van der Waals surface area contributed by atoms with E-state index in [9.17, 15) is 0 Å². The molecule has 0 saturated heterocycles. The fourth-order valence-electron chi connectivity index (χ4n) is 1.25. The number of rotatable bonds is 3. The van der Waals surface area contributed by atoms with Crippen molar-refractivity contribution in [2.75, 3.05) is 6.54 Å². The largest absolute Gasteiger partial charge is 0.330 e. The van der Waals surface area contributed by atoms with Crippen LogP contribution in [0, 0.1) is 0 Å². The number of aromatic amines is 1. The zero-order chi connectivity index (χ0) is 9.80. The summed E-state index contributed by atoms with van der Waals surface area (Å²) in [5, 5.41) is 7.86. The molecule has 0 fully saturated rings. The second kappa shape index (κ2) is 4.02. The molecule has 2 rings (SSSR count).